The van der Waals surface area contributed by atoms with Crippen LogP contribution < -0.4 is 4.90 Å². The van der Waals surface area contributed by atoms with Crippen molar-refractivity contribution in [3.8, 4) is 0 Å². The van der Waals surface area contributed by atoms with Gasteiger partial charge in [-0.25, -0.2) is 9.29 Å². The minimum absolute atomic E-state index is 0.0306. The SMILES string of the molecule is O=C1CC(N(C(=O)c2ccc(F)cc2)C2CCCC2)C(=O)N1c1ccccc1. The number of hydrogen-bond donors (Lipinski definition) is 0. The van der Waals surface area contributed by atoms with Crippen molar-refractivity contribution in [3.05, 3.63) is 66.0 Å². The first-order valence-electron chi connectivity index (χ1n) is 9.56. The van der Waals surface area contributed by atoms with Gasteiger partial charge in [-0.3, -0.25) is 14.4 Å². The molecule has 1 saturated carbocycles. The van der Waals surface area contributed by atoms with Crippen molar-refractivity contribution in [3.63, 3.8) is 0 Å². The van der Waals surface area contributed by atoms with Crippen LogP contribution in [0.5, 0.6) is 0 Å². The molecular weight excluding hydrogens is 359 g/mol. The van der Waals surface area contributed by atoms with E-state index in [2.05, 4.69) is 0 Å². The van der Waals surface area contributed by atoms with E-state index in [4.69, 9.17) is 0 Å². The maximum atomic E-state index is 13.3. The standard InChI is InChI=1S/C22H21FN2O3/c23-16-12-10-15(11-13-16)21(27)24(17-8-4-5-9-17)19-14-20(26)25(22(19)28)18-6-2-1-3-7-18/h1-3,6-7,10-13,17,19H,4-5,8-9,14H2. The first-order valence-corrected chi connectivity index (χ1v) is 9.56. The highest BCUT2D eigenvalue weighted by molar-refractivity contribution is 6.23. The van der Waals surface area contributed by atoms with Gasteiger partial charge in [0, 0.05) is 11.6 Å². The molecule has 6 heteroatoms. The number of para-hydroxylation sites is 1. The van der Waals surface area contributed by atoms with Gasteiger partial charge in [0.05, 0.1) is 12.1 Å². The van der Waals surface area contributed by atoms with Crippen molar-refractivity contribution in [2.45, 2.75) is 44.2 Å². The third-order valence-corrected chi connectivity index (χ3v) is 5.52. The minimum Gasteiger partial charge on any atom is -0.323 e. The molecule has 1 unspecified atom stereocenters. The van der Waals surface area contributed by atoms with Crippen molar-refractivity contribution in [2.75, 3.05) is 4.90 Å². The van der Waals surface area contributed by atoms with Crippen LogP contribution in [0.4, 0.5) is 10.1 Å². The summed E-state index contributed by atoms with van der Waals surface area (Å²) >= 11 is 0. The van der Waals surface area contributed by atoms with E-state index in [0.717, 1.165) is 25.7 Å². The lowest BCUT2D eigenvalue weighted by molar-refractivity contribution is -0.123. The van der Waals surface area contributed by atoms with Crippen molar-refractivity contribution < 1.29 is 18.8 Å². The molecular formula is C22H21FN2O3. The second kappa shape index (κ2) is 7.54. The van der Waals surface area contributed by atoms with Gasteiger partial charge in [-0.2, -0.15) is 0 Å². The van der Waals surface area contributed by atoms with Gasteiger partial charge in [-0.1, -0.05) is 31.0 Å². The fourth-order valence-corrected chi connectivity index (χ4v) is 4.17. The molecule has 0 radical (unpaired) electrons. The molecule has 0 aromatic heterocycles. The topological polar surface area (TPSA) is 57.7 Å². The maximum absolute atomic E-state index is 13.3. The predicted octanol–water partition coefficient (Wildman–Crippen LogP) is 3.54. The second-order valence-electron chi connectivity index (χ2n) is 7.28. The Morgan fingerprint density at radius 3 is 2.25 bits per heavy atom. The van der Waals surface area contributed by atoms with Crippen LogP contribution in [-0.2, 0) is 9.59 Å². The molecule has 2 aromatic carbocycles. The number of carbonyl (C=O) groups excluding carboxylic acids is 3. The van der Waals surface area contributed by atoms with E-state index in [1.807, 2.05) is 6.07 Å². The molecule has 4 rings (SSSR count). The molecule has 0 N–H and O–H groups in total. The third-order valence-electron chi connectivity index (χ3n) is 5.52. The van der Waals surface area contributed by atoms with Crippen LogP contribution in [0.3, 0.4) is 0 Å². The molecule has 28 heavy (non-hydrogen) atoms. The lowest BCUT2D eigenvalue weighted by Crippen LogP contribution is -2.50. The van der Waals surface area contributed by atoms with Crippen LogP contribution in [0.15, 0.2) is 54.6 Å². The number of imide groups is 1. The van der Waals surface area contributed by atoms with Crippen molar-refractivity contribution in [1.82, 2.24) is 4.90 Å². The number of halogens is 1. The monoisotopic (exact) mass is 380 g/mol. The van der Waals surface area contributed by atoms with E-state index >= 15 is 0 Å². The Morgan fingerprint density at radius 1 is 0.964 bits per heavy atom. The maximum Gasteiger partial charge on any atom is 0.257 e. The Kier molecular flexibility index (Phi) is 4.94. The molecule has 144 valence electrons. The normalized spacial score (nSPS) is 20.0. The molecule has 0 spiro atoms. The summed E-state index contributed by atoms with van der Waals surface area (Å²) in [5.41, 5.74) is 0.840. The zero-order valence-corrected chi connectivity index (χ0v) is 15.4. The zero-order valence-electron chi connectivity index (χ0n) is 15.4. The molecule has 0 bridgehead atoms. The van der Waals surface area contributed by atoms with Crippen molar-refractivity contribution in [1.29, 1.82) is 0 Å². The number of hydrogen-bond acceptors (Lipinski definition) is 3. The van der Waals surface area contributed by atoms with Crippen LogP contribution in [0, 0.1) is 5.82 Å². The number of carbonyl (C=O) groups is 3. The van der Waals surface area contributed by atoms with Gasteiger partial charge in [-0.15, -0.1) is 0 Å². The molecule has 2 fully saturated rings. The summed E-state index contributed by atoms with van der Waals surface area (Å²) in [6.07, 6.45) is 3.54. The van der Waals surface area contributed by atoms with Crippen LogP contribution in [0.1, 0.15) is 42.5 Å². The predicted molar refractivity (Wildman–Crippen MR) is 102 cm³/mol. The average Bonchev–Trinajstić information content (AvgIpc) is 3.32. The summed E-state index contributed by atoms with van der Waals surface area (Å²) in [6, 6.07) is 13.2. The van der Waals surface area contributed by atoms with Gasteiger partial charge in [0.25, 0.3) is 11.8 Å². The molecule has 1 aliphatic heterocycles. The molecule has 2 aliphatic rings. The fourth-order valence-electron chi connectivity index (χ4n) is 4.17. The van der Waals surface area contributed by atoms with Gasteiger partial charge >= 0.3 is 0 Å². The number of rotatable bonds is 4. The number of benzene rings is 2. The first kappa shape index (κ1) is 18.3. The van der Waals surface area contributed by atoms with Gasteiger partial charge in [0.2, 0.25) is 5.91 Å². The molecule has 2 aromatic rings. The largest absolute Gasteiger partial charge is 0.323 e. The average molecular weight is 380 g/mol. The first-order chi connectivity index (χ1) is 13.6. The zero-order chi connectivity index (χ0) is 19.7. The van der Waals surface area contributed by atoms with E-state index in [1.165, 1.54) is 29.2 Å². The van der Waals surface area contributed by atoms with Crippen LogP contribution in [0.25, 0.3) is 0 Å². The fraction of sp³-hybridized carbons (Fsp3) is 0.318. The van der Waals surface area contributed by atoms with Crippen molar-refractivity contribution >= 4 is 23.4 Å². The summed E-state index contributed by atoms with van der Waals surface area (Å²) in [4.78, 5) is 41.8. The molecule has 1 heterocycles. The second-order valence-corrected chi connectivity index (χ2v) is 7.28. The van der Waals surface area contributed by atoms with E-state index in [-0.39, 0.29) is 30.2 Å². The summed E-state index contributed by atoms with van der Waals surface area (Å²) in [7, 11) is 0. The van der Waals surface area contributed by atoms with E-state index in [0.29, 0.717) is 11.3 Å². The molecule has 1 aliphatic carbocycles. The van der Waals surface area contributed by atoms with Gasteiger partial charge in [0.15, 0.2) is 0 Å². The van der Waals surface area contributed by atoms with E-state index < -0.39 is 11.9 Å². The molecule has 1 saturated heterocycles. The van der Waals surface area contributed by atoms with Gasteiger partial charge in [0.1, 0.15) is 11.9 Å². The Balaban J connectivity index is 1.67. The Morgan fingerprint density at radius 2 is 1.61 bits per heavy atom. The summed E-state index contributed by atoms with van der Waals surface area (Å²) in [5.74, 6) is -1.44. The van der Waals surface area contributed by atoms with E-state index in [1.54, 1.807) is 29.2 Å². The Labute approximate surface area is 162 Å². The lowest BCUT2D eigenvalue weighted by atomic mass is 10.1. The van der Waals surface area contributed by atoms with Crippen LogP contribution in [-0.4, -0.2) is 34.7 Å². The minimum atomic E-state index is -0.826. The number of anilines is 1. The summed E-state index contributed by atoms with van der Waals surface area (Å²) in [6.45, 7) is 0. The van der Waals surface area contributed by atoms with Gasteiger partial charge < -0.3 is 4.90 Å². The quantitative estimate of drug-likeness (QED) is 0.763. The third kappa shape index (κ3) is 3.30. The highest BCUT2D eigenvalue weighted by Crippen LogP contribution is 2.32. The summed E-state index contributed by atoms with van der Waals surface area (Å²) in [5, 5.41) is 0. The summed E-state index contributed by atoms with van der Waals surface area (Å²) < 4.78 is 13.3. The lowest BCUT2D eigenvalue weighted by Gasteiger charge is -2.33. The number of nitrogens with zero attached hydrogens (tertiary/aromatic N) is 2. The van der Waals surface area contributed by atoms with Crippen LogP contribution >= 0.6 is 0 Å². The highest BCUT2D eigenvalue weighted by Gasteiger charge is 2.46. The van der Waals surface area contributed by atoms with Gasteiger partial charge in [-0.05, 0) is 49.2 Å². The number of amides is 3. The molecule has 5 nitrogen and oxygen atoms in total. The highest BCUT2D eigenvalue weighted by atomic mass is 19.1. The van der Waals surface area contributed by atoms with Crippen LogP contribution in [0.2, 0.25) is 0 Å². The van der Waals surface area contributed by atoms with Crippen molar-refractivity contribution in [2.24, 2.45) is 0 Å². The smallest absolute Gasteiger partial charge is 0.257 e. The molecule has 3 amide bonds. The Bertz CT molecular complexity index is 892. The Hall–Kier alpha value is -3.02. The molecule has 1 atom stereocenters. The van der Waals surface area contributed by atoms with E-state index in [9.17, 15) is 18.8 Å².